The molecule has 3 aromatic rings. The minimum Gasteiger partial charge on any atom is -0.309 e. The van der Waals surface area contributed by atoms with Crippen LogP contribution in [0.15, 0.2) is 89.9 Å². The standard InChI is InChI=1S/C30H21FN4O2/c1-2-16-34-24-9-4-3-8-22(24)30(29(34)37)23(19-32)28(33-17-5-6-18-33)35(21-14-12-20(31)13-15-21)25-10-7-11-26(36)27(25)30/h1,3-6,8-9,12-15,17-18H,7,10-11,16H2. The second-order valence-corrected chi connectivity index (χ2v) is 9.17. The van der Waals surface area contributed by atoms with Gasteiger partial charge in [-0.15, -0.1) is 6.42 Å². The molecule has 1 spiro atoms. The van der Waals surface area contributed by atoms with Crippen LogP contribution in [0.1, 0.15) is 24.8 Å². The molecule has 37 heavy (non-hydrogen) atoms. The number of nitriles is 1. The van der Waals surface area contributed by atoms with Crippen LogP contribution in [0.3, 0.4) is 0 Å². The first-order chi connectivity index (χ1) is 18.0. The molecule has 1 aromatic heterocycles. The van der Waals surface area contributed by atoms with E-state index in [1.807, 2.05) is 23.1 Å². The number of nitrogens with zero attached hydrogens (tertiary/aromatic N) is 4. The van der Waals surface area contributed by atoms with Crippen molar-refractivity contribution in [1.29, 1.82) is 5.26 Å². The van der Waals surface area contributed by atoms with Gasteiger partial charge in [-0.1, -0.05) is 24.1 Å². The number of carbonyl (C=O) groups is 2. The van der Waals surface area contributed by atoms with Gasteiger partial charge in [-0.25, -0.2) is 4.39 Å². The Kier molecular flexibility index (Phi) is 5.10. The molecule has 0 saturated carbocycles. The van der Waals surface area contributed by atoms with Gasteiger partial charge in [0.25, 0.3) is 0 Å². The van der Waals surface area contributed by atoms with E-state index in [9.17, 15) is 19.2 Å². The maximum atomic E-state index is 14.5. The number of aromatic nitrogens is 1. The largest absolute Gasteiger partial charge is 0.309 e. The van der Waals surface area contributed by atoms with Crippen LogP contribution >= 0.6 is 0 Å². The second kappa shape index (κ2) is 8.36. The van der Waals surface area contributed by atoms with E-state index in [-0.39, 0.29) is 24.3 Å². The van der Waals surface area contributed by atoms with Crippen LogP contribution in [0.5, 0.6) is 0 Å². The summed E-state index contributed by atoms with van der Waals surface area (Å²) in [5, 5.41) is 10.8. The SMILES string of the molecule is C#CCN1C(=O)C2(C(C#N)=C(n3cccc3)N(c3ccc(F)cc3)C3=C2C(=O)CCC3)c2ccccc21. The Morgan fingerprint density at radius 2 is 1.73 bits per heavy atom. The van der Waals surface area contributed by atoms with Gasteiger partial charge in [-0.05, 0) is 55.3 Å². The average molecular weight is 489 g/mol. The van der Waals surface area contributed by atoms with Gasteiger partial charge in [-0.3, -0.25) is 19.4 Å². The fourth-order valence-electron chi connectivity index (χ4n) is 5.92. The first-order valence-electron chi connectivity index (χ1n) is 12.0. The number of benzene rings is 2. The first kappa shape index (κ1) is 22.6. The van der Waals surface area contributed by atoms with Crippen molar-refractivity contribution in [3.8, 4) is 18.4 Å². The molecule has 1 amide bonds. The van der Waals surface area contributed by atoms with Crippen LogP contribution in [0.25, 0.3) is 5.82 Å². The summed E-state index contributed by atoms with van der Waals surface area (Å²) in [7, 11) is 0. The summed E-state index contributed by atoms with van der Waals surface area (Å²) in [5.74, 6) is 1.99. The zero-order valence-corrected chi connectivity index (χ0v) is 19.8. The molecule has 0 radical (unpaired) electrons. The molecule has 180 valence electrons. The fraction of sp³-hybridized carbons (Fsp3) is 0.167. The lowest BCUT2D eigenvalue weighted by Gasteiger charge is -2.45. The molecule has 6 nitrogen and oxygen atoms in total. The number of hydrogen-bond donors (Lipinski definition) is 0. The average Bonchev–Trinajstić information content (AvgIpc) is 3.52. The summed E-state index contributed by atoms with van der Waals surface area (Å²) in [5.41, 5.74) is 1.17. The van der Waals surface area contributed by atoms with Crippen molar-refractivity contribution in [3.05, 3.63) is 101 Å². The maximum Gasteiger partial charge on any atom is 0.248 e. The minimum absolute atomic E-state index is 0.00758. The number of Topliss-reactive ketones (excluding diaryl/α,β-unsaturated/α-hetero) is 1. The molecule has 3 aliphatic rings. The molecule has 0 N–H and O–H groups in total. The first-order valence-corrected chi connectivity index (χ1v) is 12.0. The van der Waals surface area contributed by atoms with E-state index in [4.69, 9.17) is 6.42 Å². The number of para-hydroxylation sites is 1. The number of amides is 1. The molecule has 1 aliphatic carbocycles. The summed E-state index contributed by atoms with van der Waals surface area (Å²) >= 11 is 0. The summed E-state index contributed by atoms with van der Waals surface area (Å²) in [6, 6.07) is 19.1. The summed E-state index contributed by atoms with van der Waals surface area (Å²) in [6.45, 7) is 0.00758. The lowest BCUT2D eigenvalue weighted by molar-refractivity contribution is -0.124. The van der Waals surface area contributed by atoms with E-state index in [2.05, 4.69) is 12.0 Å². The second-order valence-electron chi connectivity index (χ2n) is 9.17. The normalized spacial score (nSPS) is 20.7. The van der Waals surface area contributed by atoms with Gasteiger partial charge in [0.15, 0.2) is 5.78 Å². The van der Waals surface area contributed by atoms with Crippen molar-refractivity contribution in [1.82, 2.24) is 4.57 Å². The third kappa shape index (κ3) is 2.98. The summed E-state index contributed by atoms with van der Waals surface area (Å²) < 4.78 is 15.7. The highest BCUT2D eigenvalue weighted by atomic mass is 19.1. The zero-order valence-electron chi connectivity index (χ0n) is 19.8. The predicted molar refractivity (Wildman–Crippen MR) is 137 cm³/mol. The monoisotopic (exact) mass is 488 g/mol. The van der Waals surface area contributed by atoms with Crippen molar-refractivity contribution in [3.63, 3.8) is 0 Å². The maximum absolute atomic E-state index is 14.5. The number of terminal acetylenes is 1. The third-order valence-electron chi connectivity index (χ3n) is 7.30. The van der Waals surface area contributed by atoms with E-state index in [1.165, 1.54) is 17.0 Å². The third-order valence-corrected chi connectivity index (χ3v) is 7.30. The Balaban J connectivity index is 1.78. The molecule has 6 rings (SSSR count). The molecule has 0 saturated heterocycles. The number of halogens is 1. The van der Waals surface area contributed by atoms with Gasteiger partial charge in [-0.2, -0.15) is 5.26 Å². The molecular weight excluding hydrogens is 467 g/mol. The van der Waals surface area contributed by atoms with Gasteiger partial charge >= 0.3 is 0 Å². The van der Waals surface area contributed by atoms with Gasteiger partial charge in [0, 0.05) is 47.0 Å². The van der Waals surface area contributed by atoms with Crippen LogP contribution < -0.4 is 9.80 Å². The molecule has 1 unspecified atom stereocenters. The van der Waals surface area contributed by atoms with E-state index < -0.39 is 17.1 Å². The number of fused-ring (bicyclic) bond motifs is 3. The highest BCUT2D eigenvalue weighted by molar-refractivity contribution is 6.22. The van der Waals surface area contributed by atoms with Crippen LogP contribution in [0.2, 0.25) is 0 Å². The molecule has 0 fully saturated rings. The quantitative estimate of drug-likeness (QED) is 0.499. The number of anilines is 2. The molecule has 1 atom stereocenters. The lowest BCUT2D eigenvalue weighted by Crippen LogP contribution is -2.51. The van der Waals surface area contributed by atoms with Gasteiger partial charge < -0.3 is 4.57 Å². The summed E-state index contributed by atoms with van der Waals surface area (Å²) in [6.07, 6.45) is 10.6. The Morgan fingerprint density at radius 3 is 2.43 bits per heavy atom. The fourth-order valence-corrected chi connectivity index (χ4v) is 5.92. The predicted octanol–water partition coefficient (Wildman–Crippen LogP) is 4.76. The van der Waals surface area contributed by atoms with Gasteiger partial charge in [0.2, 0.25) is 5.91 Å². The van der Waals surface area contributed by atoms with Crippen LogP contribution in [0.4, 0.5) is 15.8 Å². The number of rotatable bonds is 3. The van der Waals surface area contributed by atoms with Crippen molar-refractivity contribution in [2.24, 2.45) is 0 Å². The minimum atomic E-state index is -1.63. The smallest absolute Gasteiger partial charge is 0.248 e. The van der Waals surface area contributed by atoms with Crippen molar-refractivity contribution < 1.29 is 14.0 Å². The van der Waals surface area contributed by atoms with Crippen molar-refractivity contribution in [2.45, 2.75) is 24.7 Å². The molecule has 0 bridgehead atoms. The zero-order chi connectivity index (χ0) is 25.7. The molecule has 3 heterocycles. The topological polar surface area (TPSA) is 69.3 Å². The Hall–Kier alpha value is -4.88. The number of hydrogen-bond acceptors (Lipinski definition) is 4. The Morgan fingerprint density at radius 1 is 1.00 bits per heavy atom. The molecule has 2 aromatic carbocycles. The Bertz CT molecular complexity index is 1600. The number of allylic oxidation sites excluding steroid dienone is 1. The lowest BCUT2D eigenvalue weighted by atomic mass is 9.63. The van der Waals surface area contributed by atoms with Crippen molar-refractivity contribution >= 4 is 28.9 Å². The molecule has 2 aliphatic heterocycles. The van der Waals surface area contributed by atoms with Gasteiger partial charge in [0.1, 0.15) is 23.1 Å². The van der Waals surface area contributed by atoms with E-state index in [1.54, 1.807) is 47.3 Å². The van der Waals surface area contributed by atoms with Crippen LogP contribution in [-0.2, 0) is 15.0 Å². The number of carbonyl (C=O) groups excluding carboxylic acids is 2. The van der Waals surface area contributed by atoms with Gasteiger partial charge in [0.05, 0.1) is 12.1 Å². The highest BCUT2D eigenvalue weighted by Gasteiger charge is 2.62. The van der Waals surface area contributed by atoms with Crippen LogP contribution in [-0.4, -0.2) is 22.8 Å². The van der Waals surface area contributed by atoms with Crippen LogP contribution in [0, 0.1) is 29.5 Å². The summed E-state index contributed by atoms with van der Waals surface area (Å²) in [4.78, 5) is 31.6. The van der Waals surface area contributed by atoms with Crippen molar-refractivity contribution in [2.75, 3.05) is 16.3 Å². The van der Waals surface area contributed by atoms with E-state index in [0.29, 0.717) is 46.9 Å². The molecular formula is C30H21FN4O2. The molecule has 7 heteroatoms. The number of ketones is 1. The Labute approximate surface area is 213 Å². The highest BCUT2D eigenvalue weighted by Crippen LogP contribution is 2.58. The van der Waals surface area contributed by atoms with E-state index in [0.717, 1.165) is 0 Å². The van der Waals surface area contributed by atoms with E-state index >= 15 is 0 Å².